The number of nitrogens with one attached hydrogen (secondary N) is 1. The van der Waals surface area contributed by atoms with Crippen molar-refractivity contribution < 1.29 is 38.5 Å². The van der Waals surface area contributed by atoms with E-state index in [0.29, 0.717) is 12.0 Å². The highest BCUT2D eigenvalue weighted by atomic mass is 16.6. The van der Waals surface area contributed by atoms with Gasteiger partial charge in [0.15, 0.2) is 11.5 Å². The lowest BCUT2D eigenvalue weighted by atomic mass is 9.90. The van der Waals surface area contributed by atoms with Gasteiger partial charge < -0.3 is 24.6 Å². The average Bonchev–Trinajstić information content (AvgIpc) is 2.77. The summed E-state index contributed by atoms with van der Waals surface area (Å²) in [5, 5.41) is 12.6. The predicted molar refractivity (Wildman–Crippen MR) is 130 cm³/mol. The van der Waals surface area contributed by atoms with Gasteiger partial charge in [-0.25, -0.2) is 0 Å². The molecule has 0 heterocycles. The summed E-state index contributed by atoms with van der Waals surface area (Å²) in [5.74, 6) is -3.10. The van der Waals surface area contributed by atoms with Gasteiger partial charge in [-0.2, -0.15) is 0 Å². The number of carboxylic acid groups (broad SMARTS) is 1. The molecule has 9 nitrogen and oxygen atoms in total. The van der Waals surface area contributed by atoms with Crippen molar-refractivity contribution in [2.45, 2.75) is 80.4 Å². The van der Waals surface area contributed by atoms with Gasteiger partial charge in [-0.05, 0) is 51.3 Å². The molecule has 1 aromatic carbocycles. The monoisotopic (exact) mass is 493 g/mol. The van der Waals surface area contributed by atoms with Gasteiger partial charge >= 0.3 is 23.9 Å². The van der Waals surface area contributed by atoms with Gasteiger partial charge in [0.05, 0.1) is 17.3 Å². The second-order valence-corrected chi connectivity index (χ2v) is 9.89. The highest BCUT2D eigenvalue weighted by Gasteiger charge is 2.29. The zero-order valence-electron chi connectivity index (χ0n) is 22.0. The summed E-state index contributed by atoms with van der Waals surface area (Å²) in [6.45, 7) is 14.0. The summed E-state index contributed by atoms with van der Waals surface area (Å²) in [6, 6.07) is 3.59. The molecule has 1 rings (SSSR count). The first kappa shape index (κ1) is 30.1. The van der Waals surface area contributed by atoms with E-state index in [1.807, 2.05) is 6.92 Å². The molecule has 0 bridgehead atoms. The summed E-state index contributed by atoms with van der Waals surface area (Å²) in [6.07, 6.45) is 0.146. The predicted octanol–water partition coefficient (Wildman–Crippen LogP) is 3.76. The molecule has 0 aliphatic heterocycles. The van der Waals surface area contributed by atoms with Crippen LogP contribution in [0.1, 0.15) is 67.4 Å². The van der Waals surface area contributed by atoms with E-state index in [1.54, 1.807) is 54.5 Å². The molecule has 2 N–H and O–H groups in total. The van der Waals surface area contributed by atoms with Crippen LogP contribution in [0.5, 0.6) is 11.5 Å². The Hall–Kier alpha value is -2.94. The normalized spacial score (nSPS) is 13.3. The maximum Gasteiger partial charge on any atom is 0.321 e. The minimum Gasteiger partial charge on any atom is -0.480 e. The maximum atomic E-state index is 12.3. The number of carboxylic acids is 1. The first-order valence-corrected chi connectivity index (χ1v) is 11.9. The van der Waals surface area contributed by atoms with Crippen LogP contribution in [0, 0.1) is 17.3 Å². The van der Waals surface area contributed by atoms with Crippen molar-refractivity contribution >= 4 is 23.9 Å². The fourth-order valence-corrected chi connectivity index (χ4v) is 2.61. The van der Waals surface area contributed by atoms with Crippen LogP contribution in [0.4, 0.5) is 0 Å². The molecule has 0 aromatic heterocycles. The molecule has 2 atom stereocenters. The molecule has 0 radical (unpaired) electrons. The van der Waals surface area contributed by atoms with Crippen LogP contribution in [0.25, 0.3) is 0 Å². The lowest BCUT2D eigenvalue weighted by molar-refractivity contribution is -0.158. The van der Waals surface area contributed by atoms with Gasteiger partial charge in [-0.15, -0.1) is 0 Å². The maximum absolute atomic E-state index is 12.3. The Balaban J connectivity index is 3.00. The van der Waals surface area contributed by atoms with E-state index in [4.69, 9.17) is 14.2 Å². The van der Waals surface area contributed by atoms with E-state index in [1.165, 1.54) is 12.1 Å². The van der Waals surface area contributed by atoms with Crippen LogP contribution in [0.3, 0.4) is 0 Å². The first-order valence-electron chi connectivity index (χ1n) is 11.9. The Morgan fingerprint density at radius 1 is 0.943 bits per heavy atom. The number of esters is 3. The molecule has 0 fully saturated rings. The number of hydrogen-bond acceptors (Lipinski definition) is 8. The molecular formula is C26H39NO8. The van der Waals surface area contributed by atoms with E-state index in [-0.39, 0.29) is 36.4 Å². The van der Waals surface area contributed by atoms with Crippen molar-refractivity contribution in [2.24, 2.45) is 17.3 Å². The summed E-state index contributed by atoms with van der Waals surface area (Å²) in [5.41, 5.74) is -0.0667. The Kier molecular flexibility index (Phi) is 11.4. The molecule has 0 saturated heterocycles. The first-order chi connectivity index (χ1) is 16.2. The van der Waals surface area contributed by atoms with Crippen LogP contribution < -0.4 is 14.8 Å². The number of hydrogen-bond donors (Lipinski definition) is 2. The van der Waals surface area contributed by atoms with E-state index >= 15 is 0 Å². The van der Waals surface area contributed by atoms with Gasteiger partial charge in [0, 0.05) is 6.54 Å². The second kappa shape index (κ2) is 13.2. The molecule has 0 aliphatic rings. The van der Waals surface area contributed by atoms with Gasteiger partial charge in [-0.1, -0.05) is 40.7 Å². The van der Waals surface area contributed by atoms with Gasteiger partial charge in [-0.3, -0.25) is 19.2 Å². The van der Waals surface area contributed by atoms with E-state index < -0.39 is 41.4 Å². The van der Waals surface area contributed by atoms with Gasteiger partial charge in [0.2, 0.25) is 0 Å². The average molecular weight is 494 g/mol. The van der Waals surface area contributed by atoms with Crippen LogP contribution in [0.2, 0.25) is 0 Å². The largest absolute Gasteiger partial charge is 0.480 e. The molecule has 0 aliphatic carbocycles. The van der Waals surface area contributed by atoms with E-state index in [2.05, 4.69) is 5.32 Å². The second-order valence-electron chi connectivity index (χ2n) is 9.89. The van der Waals surface area contributed by atoms with Crippen molar-refractivity contribution in [3.63, 3.8) is 0 Å². The van der Waals surface area contributed by atoms with Crippen LogP contribution in [-0.4, -0.2) is 47.7 Å². The third-order valence-electron chi connectivity index (χ3n) is 5.51. The quantitative estimate of drug-likeness (QED) is 0.312. The number of rotatable bonds is 13. The zero-order valence-corrected chi connectivity index (χ0v) is 22.0. The number of benzene rings is 1. The van der Waals surface area contributed by atoms with Gasteiger partial charge in [0.1, 0.15) is 12.1 Å². The molecule has 196 valence electrons. The Morgan fingerprint density at radius 3 is 1.97 bits per heavy atom. The minimum absolute atomic E-state index is 0.0448. The highest BCUT2D eigenvalue weighted by Crippen LogP contribution is 2.30. The molecule has 0 saturated carbocycles. The Labute approximate surface area is 207 Å². The van der Waals surface area contributed by atoms with Crippen molar-refractivity contribution in [3.05, 3.63) is 23.8 Å². The molecule has 9 heteroatoms. The molecule has 0 spiro atoms. The Morgan fingerprint density at radius 2 is 1.49 bits per heavy atom. The third-order valence-corrected chi connectivity index (χ3v) is 5.51. The van der Waals surface area contributed by atoms with Crippen molar-refractivity contribution in [3.8, 4) is 11.5 Å². The molecule has 1 aromatic rings. The van der Waals surface area contributed by atoms with Crippen molar-refractivity contribution in [1.29, 1.82) is 0 Å². The number of ether oxygens (including phenoxy) is 3. The number of aliphatic carboxylic acids is 1. The van der Waals surface area contributed by atoms with Crippen molar-refractivity contribution in [1.82, 2.24) is 5.32 Å². The van der Waals surface area contributed by atoms with Crippen molar-refractivity contribution in [2.75, 3.05) is 6.54 Å². The lowest BCUT2D eigenvalue weighted by Crippen LogP contribution is -2.43. The van der Waals surface area contributed by atoms with Gasteiger partial charge in [0.25, 0.3) is 0 Å². The van der Waals surface area contributed by atoms with Crippen LogP contribution in [0.15, 0.2) is 18.2 Å². The van der Waals surface area contributed by atoms with Crippen LogP contribution in [-0.2, 0) is 30.3 Å². The smallest absolute Gasteiger partial charge is 0.321 e. The molecular weight excluding hydrogens is 454 g/mol. The summed E-state index contributed by atoms with van der Waals surface area (Å²) >= 11 is 0. The SMILES string of the molecule is CCC(C)(C)C(=O)OC(C)CN[C@@H](Cc1ccc(OC(=O)C(C)C)c(OC(=O)C(C)C)c1)C(=O)O. The summed E-state index contributed by atoms with van der Waals surface area (Å²) in [4.78, 5) is 48.3. The summed E-state index contributed by atoms with van der Waals surface area (Å²) < 4.78 is 16.2. The fourth-order valence-electron chi connectivity index (χ4n) is 2.61. The zero-order chi connectivity index (χ0) is 26.9. The summed E-state index contributed by atoms with van der Waals surface area (Å²) in [7, 11) is 0. The van der Waals surface area contributed by atoms with E-state index in [0.717, 1.165) is 0 Å². The fraction of sp³-hybridized carbons (Fsp3) is 0.615. The molecule has 1 unspecified atom stereocenters. The lowest BCUT2D eigenvalue weighted by Gasteiger charge is -2.24. The molecule has 35 heavy (non-hydrogen) atoms. The highest BCUT2D eigenvalue weighted by molar-refractivity contribution is 5.78. The minimum atomic E-state index is -1.09. The topological polar surface area (TPSA) is 128 Å². The van der Waals surface area contributed by atoms with E-state index in [9.17, 15) is 24.3 Å². The Bertz CT molecular complexity index is 907. The standard InChI is InChI=1S/C26H39NO8/c1-9-26(7,8)25(32)33-17(6)14-27-19(22(28)29)12-18-10-11-20(34-23(30)15(2)3)21(13-18)35-24(31)16(4)5/h10-11,13,15-17,19,27H,9,12,14H2,1-8H3,(H,28,29)/t17?,19-/m0/s1. The van der Waals surface area contributed by atoms with Crippen LogP contribution >= 0.6 is 0 Å². The molecule has 0 amide bonds. The number of carbonyl (C=O) groups is 4. The third kappa shape index (κ3) is 9.68. The number of carbonyl (C=O) groups excluding carboxylic acids is 3.